The SMILES string of the molecule is CCN(Cc1ccnc(N)c1)Cc1ccccn1. The van der Waals surface area contributed by atoms with Crippen molar-refractivity contribution >= 4 is 5.82 Å². The lowest BCUT2D eigenvalue weighted by Gasteiger charge is -2.20. The van der Waals surface area contributed by atoms with Crippen molar-refractivity contribution in [3.05, 3.63) is 54.0 Å². The first-order chi connectivity index (χ1) is 8.78. The molecule has 0 aromatic carbocycles. The summed E-state index contributed by atoms with van der Waals surface area (Å²) in [7, 11) is 0. The Balaban J connectivity index is 2.01. The molecule has 0 saturated heterocycles. The summed E-state index contributed by atoms with van der Waals surface area (Å²) in [4.78, 5) is 10.7. The molecule has 4 heteroatoms. The zero-order valence-corrected chi connectivity index (χ0v) is 10.6. The summed E-state index contributed by atoms with van der Waals surface area (Å²) in [5.74, 6) is 0.571. The lowest BCUT2D eigenvalue weighted by molar-refractivity contribution is 0.268. The predicted molar refractivity (Wildman–Crippen MR) is 72.7 cm³/mol. The van der Waals surface area contributed by atoms with E-state index in [1.807, 2.05) is 36.5 Å². The molecule has 0 aliphatic heterocycles. The fraction of sp³-hybridized carbons (Fsp3) is 0.286. The zero-order chi connectivity index (χ0) is 12.8. The highest BCUT2D eigenvalue weighted by molar-refractivity contribution is 5.31. The molecule has 0 saturated carbocycles. The molecule has 0 fully saturated rings. The molecule has 2 aromatic rings. The monoisotopic (exact) mass is 242 g/mol. The van der Waals surface area contributed by atoms with E-state index in [1.165, 1.54) is 5.56 Å². The minimum absolute atomic E-state index is 0.571. The third-order valence-electron chi connectivity index (χ3n) is 2.81. The molecular formula is C14H18N4. The average molecular weight is 242 g/mol. The Bertz CT molecular complexity index is 484. The van der Waals surface area contributed by atoms with Crippen LogP contribution in [0.3, 0.4) is 0 Å². The van der Waals surface area contributed by atoms with Crippen molar-refractivity contribution in [3.63, 3.8) is 0 Å². The van der Waals surface area contributed by atoms with E-state index in [1.54, 1.807) is 6.20 Å². The first-order valence-electron chi connectivity index (χ1n) is 6.10. The Hall–Kier alpha value is -1.94. The van der Waals surface area contributed by atoms with E-state index in [0.717, 1.165) is 25.3 Å². The van der Waals surface area contributed by atoms with Gasteiger partial charge in [0.1, 0.15) is 5.82 Å². The number of rotatable bonds is 5. The first kappa shape index (κ1) is 12.5. The van der Waals surface area contributed by atoms with Crippen LogP contribution in [0.1, 0.15) is 18.2 Å². The fourth-order valence-electron chi connectivity index (χ4n) is 1.85. The standard InChI is InChI=1S/C14H18N4/c1-2-18(11-13-5-3-4-7-16-13)10-12-6-8-17-14(15)9-12/h3-9H,2,10-11H2,1H3,(H2,15,17). The maximum atomic E-state index is 5.69. The Morgan fingerprint density at radius 1 is 1.11 bits per heavy atom. The van der Waals surface area contributed by atoms with E-state index in [0.29, 0.717) is 5.82 Å². The molecule has 2 heterocycles. The average Bonchev–Trinajstić information content (AvgIpc) is 2.39. The number of pyridine rings is 2. The molecule has 2 rings (SSSR count). The van der Waals surface area contributed by atoms with E-state index in [2.05, 4.69) is 21.8 Å². The molecule has 2 N–H and O–H groups in total. The second-order valence-electron chi connectivity index (χ2n) is 4.21. The summed E-state index contributed by atoms with van der Waals surface area (Å²) < 4.78 is 0. The van der Waals surface area contributed by atoms with Gasteiger partial charge in [-0.3, -0.25) is 9.88 Å². The Labute approximate surface area is 107 Å². The van der Waals surface area contributed by atoms with Crippen molar-refractivity contribution in [3.8, 4) is 0 Å². The van der Waals surface area contributed by atoms with Crippen LogP contribution in [0, 0.1) is 0 Å². The molecule has 0 radical (unpaired) electrons. The Morgan fingerprint density at radius 2 is 2.00 bits per heavy atom. The summed E-state index contributed by atoms with van der Waals surface area (Å²) in [5, 5.41) is 0. The summed E-state index contributed by atoms with van der Waals surface area (Å²) in [5.41, 5.74) is 7.95. The van der Waals surface area contributed by atoms with E-state index < -0.39 is 0 Å². The van der Waals surface area contributed by atoms with Gasteiger partial charge in [-0.05, 0) is 36.4 Å². The van der Waals surface area contributed by atoms with Crippen LogP contribution >= 0.6 is 0 Å². The van der Waals surface area contributed by atoms with Gasteiger partial charge in [0.15, 0.2) is 0 Å². The van der Waals surface area contributed by atoms with Crippen molar-refractivity contribution in [1.82, 2.24) is 14.9 Å². The van der Waals surface area contributed by atoms with Gasteiger partial charge < -0.3 is 5.73 Å². The van der Waals surface area contributed by atoms with Crippen molar-refractivity contribution in [2.24, 2.45) is 0 Å². The van der Waals surface area contributed by atoms with Gasteiger partial charge in [-0.15, -0.1) is 0 Å². The number of aromatic nitrogens is 2. The first-order valence-corrected chi connectivity index (χ1v) is 6.10. The number of hydrogen-bond donors (Lipinski definition) is 1. The topological polar surface area (TPSA) is 55.0 Å². The fourth-order valence-corrected chi connectivity index (χ4v) is 1.85. The molecule has 0 spiro atoms. The van der Waals surface area contributed by atoms with Crippen molar-refractivity contribution < 1.29 is 0 Å². The molecule has 0 unspecified atom stereocenters. The predicted octanol–water partition coefficient (Wildman–Crippen LogP) is 2.08. The summed E-state index contributed by atoms with van der Waals surface area (Å²) in [6.07, 6.45) is 3.58. The van der Waals surface area contributed by atoms with Gasteiger partial charge in [-0.25, -0.2) is 4.98 Å². The van der Waals surface area contributed by atoms with E-state index in [4.69, 9.17) is 5.73 Å². The quantitative estimate of drug-likeness (QED) is 0.872. The lowest BCUT2D eigenvalue weighted by Crippen LogP contribution is -2.22. The van der Waals surface area contributed by atoms with Gasteiger partial charge in [0, 0.05) is 25.5 Å². The molecule has 18 heavy (non-hydrogen) atoms. The van der Waals surface area contributed by atoms with E-state index in [-0.39, 0.29) is 0 Å². The number of nitrogens with two attached hydrogens (primary N) is 1. The minimum Gasteiger partial charge on any atom is -0.384 e. The van der Waals surface area contributed by atoms with Gasteiger partial charge in [0.05, 0.1) is 5.69 Å². The maximum absolute atomic E-state index is 5.69. The van der Waals surface area contributed by atoms with Gasteiger partial charge in [-0.1, -0.05) is 13.0 Å². The second kappa shape index (κ2) is 6.12. The molecule has 0 atom stereocenters. The smallest absolute Gasteiger partial charge is 0.123 e. The van der Waals surface area contributed by atoms with Crippen LogP contribution in [0.2, 0.25) is 0 Å². The summed E-state index contributed by atoms with van der Waals surface area (Å²) >= 11 is 0. The van der Waals surface area contributed by atoms with Crippen LogP contribution in [0.25, 0.3) is 0 Å². The molecule has 0 amide bonds. The van der Waals surface area contributed by atoms with Gasteiger partial charge >= 0.3 is 0 Å². The number of hydrogen-bond acceptors (Lipinski definition) is 4. The van der Waals surface area contributed by atoms with E-state index >= 15 is 0 Å². The number of nitrogens with zero attached hydrogens (tertiary/aromatic N) is 3. The normalized spacial score (nSPS) is 10.8. The van der Waals surface area contributed by atoms with Crippen LogP contribution in [-0.4, -0.2) is 21.4 Å². The summed E-state index contributed by atoms with van der Waals surface area (Å²) in [6, 6.07) is 9.91. The van der Waals surface area contributed by atoms with E-state index in [9.17, 15) is 0 Å². The highest BCUT2D eigenvalue weighted by Gasteiger charge is 2.05. The van der Waals surface area contributed by atoms with Crippen LogP contribution in [0.4, 0.5) is 5.82 Å². The highest BCUT2D eigenvalue weighted by Crippen LogP contribution is 2.09. The maximum Gasteiger partial charge on any atom is 0.123 e. The van der Waals surface area contributed by atoms with Crippen LogP contribution in [-0.2, 0) is 13.1 Å². The zero-order valence-electron chi connectivity index (χ0n) is 10.6. The Kier molecular flexibility index (Phi) is 4.25. The van der Waals surface area contributed by atoms with Crippen molar-refractivity contribution in [1.29, 1.82) is 0 Å². The van der Waals surface area contributed by atoms with Gasteiger partial charge in [0.25, 0.3) is 0 Å². The second-order valence-corrected chi connectivity index (χ2v) is 4.21. The lowest BCUT2D eigenvalue weighted by atomic mass is 10.2. The highest BCUT2D eigenvalue weighted by atomic mass is 15.1. The van der Waals surface area contributed by atoms with Crippen molar-refractivity contribution in [2.75, 3.05) is 12.3 Å². The molecule has 4 nitrogen and oxygen atoms in total. The van der Waals surface area contributed by atoms with Gasteiger partial charge in [-0.2, -0.15) is 0 Å². The van der Waals surface area contributed by atoms with Crippen LogP contribution < -0.4 is 5.73 Å². The summed E-state index contributed by atoms with van der Waals surface area (Å²) in [6.45, 7) is 4.83. The molecule has 94 valence electrons. The molecular weight excluding hydrogens is 224 g/mol. The Morgan fingerprint density at radius 3 is 2.67 bits per heavy atom. The minimum atomic E-state index is 0.571. The third-order valence-corrected chi connectivity index (χ3v) is 2.81. The molecule has 0 bridgehead atoms. The number of nitrogen functional groups attached to an aromatic ring is 1. The van der Waals surface area contributed by atoms with Crippen LogP contribution in [0.5, 0.6) is 0 Å². The van der Waals surface area contributed by atoms with Crippen molar-refractivity contribution in [2.45, 2.75) is 20.0 Å². The molecule has 0 aliphatic carbocycles. The van der Waals surface area contributed by atoms with Gasteiger partial charge in [0.2, 0.25) is 0 Å². The van der Waals surface area contributed by atoms with Crippen LogP contribution in [0.15, 0.2) is 42.7 Å². The molecule has 0 aliphatic rings. The third kappa shape index (κ3) is 3.53. The largest absolute Gasteiger partial charge is 0.384 e. The number of anilines is 1. The molecule has 2 aromatic heterocycles.